The van der Waals surface area contributed by atoms with Crippen molar-refractivity contribution in [3.63, 3.8) is 0 Å². The summed E-state index contributed by atoms with van der Waals surface area (Å²) in [7, 11) is 4.04. The lowest BCUT2D eigenvalue weighted by atomic mass is 10.2. The van der Waals surface area contributed by atoms with Gasteiger partial charge in [-0.05, 0) is 50.4 Å². The van der Waals surface area contributed by atoms with Gasteiger partial charge in [-0.2, -0.15) is 0 Å². The fourth-order valence-electron chi connectivity index (χ4n) is 3.16. The smallest absolute Gasteiger partial charge is 0.317 e. The number of carbonyl (C=O) groups is 1. The van der Waals surface area contributed by atoms with Crippen molar-refractivity contribution in [2.45, 2.75) is 32.4 Å². The number of pyridine rings is 1. The zero-order valence-electron chi connectivity index (χ0n) is 15.0. The Morgan fingerprint density at radius 1 is 1.38 bits per heavy atom. The molecule has 24 heavy (non-hydrogen) atoms. The van der Waals surface area contributed by atoms with Crippen LogP contribution in [0.2, 0.25) is 0 Å². The third-order valence-electron chi connectivity index (χ3n) is 5.32. The average molecular weight is 331 g/mol. The minimum atomic E-state index is 0.00681. The Bertz CT molecular complexity index is 566. The first-order valence-electron chi connectivity index (χ1n) is 8.93. The van der Waals surface area contributed by atoms with E-state index in [4.69, 9.17) is 0 Å². The van der Waals surface area contributed by atoms with E-state index in [1.54, 1.807) is 0 Å². The normalized spacial score (nSPS) is 19.9. The van der Waals surface area contributed by atoms with Crippen molar-refractivity contribution < 1.29 is 4.79 Å². The van der Waals surface area contributed by atoms with Crippen LogP contribution in [0.5, 0.6) is 0 Å². The summed E-state index contributed by atoms with van der Waals surface area (Å²) < 4.78 is 0. The van der Waals surface area contributed by atoms with Crippen molar-refractivity contribution >= 4 is 11.8 Å². The second-order valence-corrected chi connectivity index (χ2v) is 7.16. The van der Waals surface area contributed by atoms with Crippen molar-refractivity contribution in [1.82, 2.24) is 20.1 Å². The van der Waals surface area contributed by atoms with Gasteiger partial charge in [-0.3, -0.25) is 0 Å². The molecule has 6 heteroatoms. The maximum absolute atomic E-state index is 12.3. The maximum atomic E-state index is 12.3. The third kappa shape index (κ3) is 4.17. The lowest BCUT2D eigenvalue weighted by molar-refractivity contribution is 0.187. The molecule has 0 bridgehead atoms. The summed E-state index contributed by atoms with van der Waals surface area (Å²) in [6.45, 7) is 6.81. The monoisotopic (exact) mass is 331 g/mol. The molecule has 3 rings (SSSR count). The van der Waals surface area contributed by atoms with Gasteiger partial charge in [0, 0.05) is 52.0 Å². The molecule has 1 unspecified atom stereocenters. The number of likely N-dealkylation sites (N-methyl/N-ethyl adjacent to an activating group) is 1. The highest BCUT2D eigenvalue weighted by atomic mass is 16.2. The van der Waals surface area contributed by atoms with Crippen LogP contribution in [0.4, 0.5) is 10.6 Å². The Morgan fingerprint density at radius 2 is 2.08 bits per heavy atom. The molecule has 2 amide bonds. The molecule has 1 saturated carbocycles. The molecule has 2 heterocycles. The van der Waals surface area contributed by atoms with Crippen LogP contribution in [-0.4, -0.2) is 67.1 Å². The minimum absolute atomic E-state index is 0.00681. The zero-order chi connectivity index (χ0) is 17.1. The number of aromatic nitrogens is 1. The summed E-state index contributed by atoms with van der Waals surface area (Å²) in [5.41, 5.74) is 1.10. The quantitative estimate of drug-likeness (QED) is 0.893. The Morgan fingerprint density at radius 3 is 2.75 bits per heavy atom. The Kier molecular flexibility index (Phi) is 5.23. The van der Waals surface area contributed by atoms with Gasteiger partial charge in [0.15, 0.2) is 0 Å². The summed E-state index contributed by atoms with van der Waals surface area (Å²) in [6, 6.07) is 4.40. The summed E-state index contributed by atoms with van der Waals surface area (Å²) in [5, 5.41) is 3.03. The fraction of sp³-hybridized carbons (Fsp3) is 0.667. The Balaban J connectivity index is 1.53. The van der Waals surface area contributed by atoms with Crippen molar-refractivity contribution in [1.29, 1.82) is 0 Å². The third-order valence-corrected chi connectivity index (χ3v) is 5.32. The first-order chi connectivity index (χ1) is 11.5. The number of carbonyl (C=O) groups excluding carboxylic acids is 1. The molecule has 2 fully saturated rings. The standard InChI is InChI=1S/C18H29N5O/c1-14(16-4-5-16)22(3)18(24)20-13-15-6-7-19-17(12-15)23-10-8-21(2)9-11-23/h6-7,12,14,16H,4-5,8-11,13H2,1-3H3,(H,20,24). The first kappa shape index (κ1) is 17.0. The Labute approximate surface area is 144 Å². The predicted molar refractivity (Wildman–Crippen MR) is 96.1 cm³/mol. The molecule has 0 radical (unpaired) electrons. The van der Waals surface area contributed by atoms with Crippen molar-refractivity contribution in [2.24, 2.45) is 5.92 Å². The summed E-state index contributed by atoms with van der Waals surface area (Å²) in [6.07, 6.45) is 4.33. The van der Waals surface area contributed by atoms with Gasteiger partial charge < -0.3 is 20.0 Å². The van der Waals surface area contributed by atoms with Gasteiger partial charge in [0.25, 0.3) is 0 Å². The molecule has 1 atom stereocenters. The van der Waals surface area contributed by atoms with E-state index in [1.165, 1.54) is 12.8 Å². The van der Waals surface area contributed by atoms with E-state index in [9.17, 15) is 4.79 Å². The molecule has 1 aliphatic heterocycles. The van der Waals surface area contributed by atoms with Crippen LogP contribution >= 0.6 is 0 Å². The molecule has 132 valence electrons. The van der Waals surface area contributed by atoms with Gasteiger partial charge in [0.1, 0.15) is 5.82 Å². The molecule has 1 aromatic heterocycles. The average Bonchev–Trinajstić information content (AvgIpc) is 3.44. The number of nitrogens with zero attached hydrogens (tertiary/aromatic N) is 4. The summed E-state index contributed by atoms with van der Waals surface area (Å²) >= 11 is 0. The van der Waals surface area contributed by atoms with Gasteiger partial charge in [-0.25, -0.2) is 9.78 Å². The van der Waals surface area contributed by atoms with Crippen molar-refractivity contribution in [3.8, 4) is 0 Å². The van der Waals surface area contributed by atoms with Crippen molar-refractivity contribution in [3.05, 3.63) is 23.9 Å². The van der Waals surface area contributed by atoms with Crippen LogP contribution in [0.1, 0.15) is 25.3 Å². The number of hydrogen-bond acceptors (Lipinski definition) is 4. The van der Waals surface area contributed by atoms with E-state index in [0.717, 1.165) is 37.6 Å². The lowest BCUT2D eigenvalue weighted by Gasteiger charge is -2.33. The van der Waals surface area contributed by atoms with Gasteiger partial charge in [-0.15, -0.1) is 0 Å². The minimum Gasteiger partial charge on any atom is -0.354 e. The molecule has 0 spiro atoms. The molecular formula is C18H29N5O. The van der Waals surface area contributed by atoms with Crippen LogP contribution in [0.3, 0.4) is 0 Å². The molecule has 1 saturated heterocycles. The highest BCUT2D eigenvalue weighted by molar-refractivity contribution is 5.74. The molecule has 1 aromatic rings. The second kappa shape index (κ2) is 7.38. The second-order valence-electron chi connectivity index (χ2n) is 7.16. The van der Waals surface area contributed by atoms with Gasteiger partial charge >= 0.3 is 6.03 Å². The van der Waals surface area contributed by atoms with Crippen LogP contribution < -0.4 is 10.2 Å². The Hall–Kier alpha value is -1.82. The van der Waals surface area contributed by atoms with E-state index >= 15 is 0 Å². The zero-order valence-corrected chi connectivity index (χ0v) is 15.0. The number of amides is 2. The van der Waals surface area contributed by atoms with Crippen LogP contribution in [0.15, 0.2) is 18.3 Å². The van der Waals surface area contributed by atoms with Gasteiger partial charge in [0.2, 0.25) is 0 Å². The first-order valence-corrected chi connectivity index (χ1v) is 8.93. The van der Waals surface area contributed by atoms with E-state index in [-0.39, 0.29) is 6.03 Å². The predicted octanol–water partition coefficient (Wildman–Crippen LogP) is 1.77. The molecule has 2 aliphatic rings. The number of piperazine rings is 1. The van der Waals surface area contributed by atoms with E-state index in [1.807, 2.05) is 24.2 Å². The van der Waals surface area contributed by atoms with Gasteiger partial charge in [-0.1, -0.05) is 0 Å². The number of anilines is 1. The lowest BCUT2D eigenvalue weighted by Crippen LogP contribution is -2.45. The SMILES string of the molecule is CC(C1CC1)N(C)C(=O)NCc1ccnc(N2CCN(C)CC2)c1. The maximum Gasteiger partial charge on any atom is 0.317 e. The number of hydrogen-bond donors (Lipinski definition) is 1. The highest BCUT2D eigenvalue weighted by Crippen LogP contribution is 2.34. The highest BCUT2D eigenvalue weighted by Gasteiger charge is 2.32. The summed E-state index contributed by atoms with van der Waals surface area (Å²) in [4.78, 5) is 23.3. The molecule has 1 aliphatic carbocycles. The molecule has 0 aromatic carbocycles. The van der Waals surface area contributed by atoms with Crippen LogP contribution in [-0.2, 0) is 6.54 Å². The fourth-order valence-corrected chi connectivity index (χ4v) is 3.16. The van der Waals surface area contributed by atoms with E-state index in [2.05, 4.69) is 40.1 Å². The topological polar surface area (TPSA) is 51.7 Å². The van der Waals surface area contributed by atoms with Crippen LogP contribution in [0.25, 0.3) is 0 Å². The molecule has 6 nitrogen and oxygen atoms in total. The molecule has 1 N–H and O–H groups in total. The van der Waals surface area contributed by atoms with E-state index in [0.29, 0.717) is 18.5 Å². The van der Waals surface area contributed by atoms with Crippen LogP contribution in [0, 0.1) is 5.92 Å². The van der Waals surface area contributed by atoms with E-state index < -0.39 is 0 Å². The number of rotatable bonds is 5. The summed E-state index contributed by atoms with van der Waals surface area (Å²) in [5.74, 6) is 1.69. The largest absolute Gasteiger partial charge is 0.354 e. The van der Waals surface area contributed by atoms with Crippen molar-refractivity contribution in [2.75, 3.05) is 45.2 Å². The van der Waals surface area contributed by atoms with Gasteiger partial charge in [0.05, 0.1) is 0 Å². The number of urea groups is 1. The number of nitrogens with one attached hydrogen (secondary N) is 1. The molecular weight excluding hydrogens is 302 g/mol.